The largest absolute Gasteiger partial charge is 0.494 e. The quantitative estimate of drug-likeness (QED) is 0.882. The van der Waals surface area contributed by atoms with E-state index < -0.39 is 0 Å². The van der Waals surface area contributed by atoms with Gasteiger partial charge in [0, 0.05) is 18.2 Å². The van der Waals surface area contributed by atoms with Gasteiger partial charge in [0.2, 0.25) is 11.7 Å². The summed E-state index contributed by atoms with van der Waals surface area (Å²) in [5, 5.41) is 7.44. The summed E-state index contributed by atoms with van der Waals surface area (Å²) in [7, 11) is 2.02. The van der Waals surface area contributed by atoms with Crippen LogP contribution in [0.15, 0.2) is 28.8 Å². The molecule has 1 fully saturated rings. The lowest BCUT2D eigenvalue weighted by Gasteiger charge is -2.31. The number of nitrogens with one attached hydrogen (secondary N) is 1. The zero-order valence-electron chi connectivity index (χ0n) is 13.8. The molecule has 2 aromatic rings. The Morgan fingerprint density at radius 3 is 2.91 bits per heavy atom. The predicted octanol–water partition coefficient (Wildman–Crippen LogP) is 2.32. The van der Waals surface area contributed by atoms with Crippen molar-refractivity contribution >= 4 is 0 Å². The molecule has 1 aliphatic heterocycles. The summed E-state index contributed by atoms with van der Waals surface area (Å²) in [6, 6.07) is 8.32. The van der Waals surface area contributed by atoms with Gasteiger partial charge in [0.15, 0.2) is 0 Å². The van der Waals surface area contributed by atoms with Crippen LogP contribution in [0.25, 0.3) is 11.4 Å². The topological polar surface area (TPSA) is 63.4 Å². The van der Waals surface area contributed by atoms with Crippen molar-refractivity contribution in [2.75, 3.05) is 26.7 Å². The third-order valence-corrected chi connectivity index (χ3v) is 4.16. The lowest BCUT2D eigenvalue weighted by atomic mass is 10.1. The summed E-state index contributed by atoms with van der Waals surface area (Å²) in [5.41, 5.74) is 0.940. The summed E-state index contributed by atoms with van der Waals surface area (Å²) in [6.45, 7) is 5.45. The Morgan fingerprint density at radius 2 is 2.17 bits per heavy atom. The van der Waals surface area contributed by atoms with E-state index in [0.29, 0.717) is 30.9 Å². The number of likely N-dealkylation sites (tertiary alicyclic amines) is 1. The fourth-order valence-corrected chi connectivity index (χ4v) is 2.93. The molecule has 23 heavy (non-hydrogen) atoms. The fourth-order valence-electron chi connectivity index (χ4n) is 2.93. The smallest absolute Gasteiger partial charge is 0.241 e. The van der Waals surface area contributed by atoms with Gasteiger partial charge in [-0.1, -0.05) is 5.16 Å². The van der Waals surface area contributed by atoms with E-state index in [-0.39, 0.29) is 0 Å². The van der Waals surface area contributed by atoms with Crippen LogP contribution in [0.5, 0.6) is 5.75 Å². The van der Waals surface area contributed by atoms with Gasteiger partial charge in [-0.2, -0.15) is 4.98 Å². The fraction of sp³-hybridized carbons (Fsp3) is 0.529. The van der Waals surface area contributed by atoms with Crippen molar-refractivity contribution in [3.63, 3.8) is 0 Å². The van der Waals surface area contributed by atoms with Crippen LogP contribution >= 0.6 is 0 Å². The summed E-state index contributed by atoms with van der Waals surface area (Å²) in [6.07, 6.45) is 2.43. The lowest BCUT2D eigenvalue weighted by Crippen LogP contribution is -2.43. The van der Waals surface area contributed by atoms with Crippen LogP contribution in [-0.4, -0.2) is 47.8 Å². The van der Waals surface area contributed by atoms with Crippen LogP contribution in [-0.2, 0) is 6.54 Å². The van der Waals surface area contributed by atoms with E-state index in [9.17, 15) is 0 Å². The highest BCUT2D eigenvalue weighted by molar-refractivity contribution is 5.55. The molecule has 1 aromatic carbocycles. The minimum absolute atomic E-state index is 0.553. The molecule has 6 nitrogen and oxygen atoms in total. The molecule has 0 aliphatic carbocycles. The Bertz CT molecular complexity index is 611. The zero-order chi connectivity index (χ0) is 16.1. The molecule has 0 amide bonds. The van der Waals surface area contributed by atoms with Gasteiger partial charge in [-0.3, -0.25) is 4.90 Å². The SMILES string of the molecule is CCOc1ccc(-c2noc(CN3CCCC(NC)C3)n2)cc1. The highest BCUT2D eigenvalue weighted by Gasteiger charge is 2.20. The molecule has 1 saturated heterocycles. The number of aromatic nitrogens is 2. The van der Waals surface area contributed by atoms with Crippen molar-refractivity contribution < 1.29 is 9.26 Å². The molecular formula is C17H24N4O2. The molecule has 0 spiro atoms. The molecule has 0 saturated carbocycles. The molecule has 1 atom stereocenters. The van der Waals surface area contributed by atoms with Gasteiger partial charge in [0.25, 0.3) is 0 Å². The summed E-state index contributed by atoms with van der Waals surface area (Å²) in [5.74, 6) is 2.15. The number of hydrogen-bond donors (Lipinski definition) is 1. The Balaban J connectivity index is 1.63. The molecule has 3 rings (SSSR count). The second-order valence-electron chi connectivity index (χ2n) is 5.83. The molecule has 124 valence electrons. The van der Waals surface area contributed by atoms with Gasteiger partial charge in [0.1, 0.15) is 5.75 Å². The first-order valence-corrected chi connectivity index (χ1v) is 8.24. The Hall–Kier alpha value is -1.92. The summed E-state index contributed by atoms with van der Waals surface area (Å²) < 4.78 is 10.9. The van der Waals surface area contributed by atoms with Crippen molar-refractivity contribution in [2.24, 2.45) is 0 Å². The maximum absolute atomic E-state index is 5.45. The van der Waals surface area contributed by atoms with Gasteiger partial charge in [-0.05, 0) is 57.6 Å². The Kier molecular flexibility index (Phi) is 5.25. The van der Waals surface area contributed by atoms with Gasteiger partial charge in [-0.15, -0.1) is 0 Å². The summed E-state index contributed by atoms with van der Waals surface area (Å²) in [4.78, 5) is 6.88. The number of hydrogen-bond acceptors (Lipinski definition) is 6. The molecule has 1 aliphatic rings. The van der Waals surface area contributed by atoms with Crippen LogP contribution in [0.2, 0.25) is 0 Å². The molecule has 2 heterocycles. The molecule has 1 N–H and O–H groups in total. The van der Waals surface area contributed by atoms with Crippen molar-refractivity contribution in [1.29, 1.82) is 0 Å². The third-order valence-electron chi connectivity index (χ3n) is 4.16. The third kappa shape index (κ3) is 4.09. The van der Waals surface area contributed by atoms with Gasteiger partial charge in [0.05, 0.1) is 13.2 Å². The monoisotopic (exact) mass is 316 g/mol. The molecule has 1 aromatic heterocycles. The first kappa shape index (κ1) is 16.0. The summed E-state index contributed by atoms with van der Waals surface area (Å²) >= 11 is 0. The number of ether oxygens (including phenoxy) is 1. The molecule has 6 heteroatoms. The van der Waals surface area contributed by atoms with E-state index >= 15 is 0 Å². The molecule has 0 bridgehead atoms. The number of likely N-dealkylation sites (N-methyl/N-ethyl adjacent to an activating group) is 1. The number of piperidine rings is 1. The standard InChI is InChI=1S/C17H24N4O2/c1-3-22-15-8-6-13(7-9-15)17-19-16(23-20-17)12-21-10-4-5-14(11-21)18-2/h6-9,14,18H,3-5,10-12H2,1-2H3. The average molecular weight is 316 g/mol. The normalized spacial score (nSPS) is 19.0. The predicted molar refractivity (Wildman–Crippen MR) is 88.3 cm³/mol. The highest BCUT2D eigenvalue weighted by Crippen LogP contribution is 2.21. The number of nitrogens with zero attached hydrogens (tertiary/aromatic N) is 3. The van der Waals surface area contributed by atoms with Gasteiger partial charge in [-0.25, -0.2) is 0 Å². The molecular weight excluding hydrogens is 292 g/mol. The highest BCUT2D eigenvalue weighted by atomic mass is 16.5. The van der Waals surface area contributed by atoms with Crippen molar-refractivity contribution in [3.8, 4) is 17.1 Å². The van der Waals surface area contributed by atoms with E-state index in [1.807, 2.05) is 38.2 Å². The first-order valence-electron chi connectivity index (χ1n) is 8.24. The lowest BCUT2D eigenvalue weighted by molar-refractivity contribution is 0.167. The van der Waals surface area contributed by atoms with Gasteiger partial charge >= 0.3 is 0 Å². The van der Waals surface area contributed by atoms with E-state index in [1.54, 1.807) is 0 Å². The Morgan fingerprint density at radius 1 is 1.35 bits per heavy atom. The maximum atomic E-state index is 5.45. The van der Waals surface area contributed by atoms with Crippen molar-refractivity contribution in [2.45, 2.75) is 32.4 Å². The molecule has 1 unspecified atom stereocenters. The second kappa shape index (κ2) is 7.57. The van der Waals surface area contributed by atoms with E-state index in [2.05, 4.69) is 20.4 Å². The van der Waals surface area contributed by atoms with Crippen LogP contribution in [0.3, 0.4) is 0 Å². The van der Waals surface area contributed by atoms with E-state index in [4.69, 9.17) is 9.26 Å². The van der Waals surface area contributed by atoms with E-state index in [0.717, 1.165) is 24.4 Å². The van der Waals surface area contributed by atoms with Crippen LogP contribution < -0.4 is 10.1 Å². The average Bonchev–Trinajstić information content (AvgIpc) is 3.04. The Labute approximate surface area is 136 Å². The number of benzene rings is 1. The molecule has 0 radical (unpaired) electrons. The first-order chi connectivity index (χ1) is 11.3. The van der Waals surface area contributed by atoms with Crippen LogP contribution in [0.1, 0.15) is 25.7 Å². The van der Waals surface area contributed by atoms with Gasteiger partial charge < -0.3 is 14.6 Å². The van der Waals surface area contributed by atoms with E-state index in [1.165, 1.54) is 12.8 Å². The maximum Gasteiger partial charge on any atom is 0.241 e. The van der Waals surface area contributed by atoms with Crippen molar-refractivity contribution in [1.82, 2.24) is 20.4 Å². The minimum atomic E-state index is 0.553. The number of rotatable bonds is 6. The van der Waals surface area contributed by atoms with Crippen molar-refractivity contribution in [3.05, 3.63) is 30.2 Å². The zero-order valence-corrected chi connectivity index (χ0v) is 13.8. The minimum Gasteiger partial charge on any atom is -0.494 e. The van der Waals surface area contributed by atoms with Crippen LogP contribution in [0, 0.1) is 0 Å². The van der Waals surface area contributed by atoms with Crippen LogP contribution in [0.4, 0.5) is 0 Å². The second-order valence-corrected chi connectivity index (χ2v) is 5.83.